The maximum absolute atomic E-state index is 11.6. The van der Waals surface area contributed by atoms with Gasteiger partial charge >= 0.3 is 0 Å². The van der Waals surface area contributed by atoms with Crippen LogP contribution in [0, 0.1) is 0 Å². The highest BCUT2D eigenvalue weighted by Gasteiger charge is 2.01. The Bertz CT molecular complexity index is 398. The predicted octanol–water partition coefficient (Wildman–Crippen LogP) is 1.78. The van der Waals surface area contributed by atoms with Gasteiger partial charge in [0, 0.05) is 19.3 Å². The van der Waals surface area contributed by atoms with E-state index in [2.05, 4.69) is 27.8 Å². The quantitative estimate of drug-likeness (QED) is 0.828. The van der Waals surface area contributed by atoms with Gasteiger partial charge in [0.2, 0.25) is 0 Å². The number of aromatic nitrogens is 1. The Morgan fingerprint density at radius 3 is 3.07 bits per heavy atom. The lowest BCUT2D eigenvalue weighted by Gasteiger charge is -2.09. The Balaban J connectivity index is 2.69. The molecule has 1 aromatic rings. The average molecular weight is 271 g/mol. The van der Waals surface area contributed by atoms with Crippen molar-refractivity contribution in [2.75, 3.05) is 13.1 Å². The Morgan fingerprint density at radius 2 is 2.40 bits per heavy atom. The third kappa shape index (κ3) is 3.64. The van der Waals surface area contributed by atoms with Crippen LogP contribution in [0.25, 0.3) is 0 Å². The van der Waals surface area contributed by atoms with Gasteiger partial charge in [-0.15, -0.1) is 0 Å². The fourth-order valence-electron chi connectivity index (χ4n) is 1.23. The van der Waals surface area contributed by atoms with E-state index in [1.54, 1.807) is 16.8 Å². The summed E-state index contributed by atoms with van der Waals surface area (Å²) in [6, 6.07) is 3.58. The van der Waals surface area contributed by atoms with Crippen LogP contribution in [0.4, 0.5) is 0 Å². The fourth-order valence-corrected chi connectivity index (χ4v) is 1.61. The van der Waals surface area contributed by atoms with Crippen LogP contribution >= 0.6 is 15.9 Å². The minimum absolute atomic E-state index is 0.0184. The highest BCUT2D eigenvalue weighted by atomic mass is 79.9. The number of rotatable bonds is 5. The zero-order valence-electron chi connectivity index (χ0n) is 8.79. The summed E-state index contributed by atoms with van der Waals surface area (Å²) in [4.78, 5) is 11.6. The first-order valence-corrected chi connectivity index (χ1v) is 5.66. The standard InChI is InChI=1S/C11H15BrN2O/c1-3-13-7-9(2)8-14-6-4-5-10(12)11(14)15/h4-6,13H,2-3,7-8H2,1H3. The van der Waals surface area contributed by atoms with Crippen molar-refractivity contribution in [2.45, 2.75) is 13.5 Å². The Morgan fingerprint density at radius 1 is 1.67 bits per heavy atom. The van der Waals surface area contributed by atoms with Crippen molar-refractivity contribution in [2.24, 2.45) is 0 Å². The summed E-state index contributed by atoms with van der Waals surface area (Å²) in [7, 11) is 0. The average Bonchev–Trinajstić information content (AvgIpc) is 2.22. The number of hydrogen-bond donors (Lipinski definition) is 1. The molecule has 0 aliphatic rings. The van der Waals surface area contributed by atoms with E-state index in [0.717, 1.165) is 18.7 Å². The summed E-state index contributed by atoms with van der Waals surface area (Å²) in [5, 5.41) is 3.18. The third-order valence-electron chi connectivity index (χ3n) is 1.99. The normalized spacial score (nSPS) is 10.3. The predicted molar refractivity (Wildman–Crippen MR) is 66.1 cm³/mol. The molecule has 0 fully saturated rings. The summed E-state index contributed by atoms with van der Waals surface area (Å²) in [6.45, 7) is 8.18. The van der Waals surface area contributed by atoms with E-state index >= 15 is 0 Å². The largest absolute Gasteiger partial charge is 0.313 e. The molecule has 0 bridgehead atoms. The molecule has 4 heteroatoms. The minimum atomic E-state index is -0.0184. The molecular weight excluding hydrogens is 256 g/mol. The first kappa shape index (κ1) is 12.2. The summed E-state index contributed by atoms with van der Waals surface area (Å²) < 4.78 is 2.23. The molecule has 0 radical (unpaired) electrons. The number of likely N-dealkylation sites (N-methyl/N-ethyl adjacent to an activating group) is 1. The molecule has 0 atom stereocenters. The second-order valence-corrected chi connectivity index (χ2v) is 4.17. The maximum atomic E-state index is 11.6. The SMILES string of the molecule is C=C(CNCC)Cn1cccc(Br)c1=O. The molecule has 0 aliphatic heterocycles. The molecular formula is C11H15BrN2O. The van der Waals surface area contributed by atoms with Gasteiger partial charge in [0.15, 0.2) is 0 Å². The molecule has 0 unspecified atom stereocenters. The highest BCUT2D eigenvalue weighted by Crippen LogP contribution is 2.02. The smallest absolute Gasteiger partial charge is 0.265 e. The monoisotopic (exact) mass is 270 g/mol. The number of halogens is 1. The van der Waals surface area contributed by atoms with Crippen molar-refractivity contribution in [1.29, 1.82) is 0 Å². The number of nitrogens with zero attached hydrogens (tertiary/aromatic N) is 1. The van der Waals surface area contributed by atoms with Crippen molar-refractivity contribution < 1.29 is 0 Å². The van der Waals surface area contributed by atoms with Crippen molar-refractivity contribution in [1.82, 2.24) is 9.88 Å². The molecule has 15 heavy (non-hydrogen) atoms. The maximum Gasteiger partial charge on any atom is 0.265 e. The van der Waals surface area contributed by atoms with Crippen LogP contribution in [0.15, 0.2) is 39.7 Å². The van der Waals surface area contributed by atoms with Gasteiger partial charge < -0.3 is 9.88 Å². The van der Waals surface area contributed by atoms with Crippen LogP contribution in [0.5, 0.6) is 0 Å². The van der Waals surface area contributed by atoms with Gasteiger partial charge in [-0.25, -0.2) is 0 Å². The number of hydrogen-bond acceptors (Lipinski definition) is 2. The number of pyridine rings is 1. The van der Waals surface area contributed by atoms with E-state index in [0.29, 0.717) is 11.0 Å². The van der Waals surface area contributed by atoms with Crippen molar-refractivity contribution in [3.8, 4) is 0 Å². The first-order chi connectivity index (χ1) is 7.15. The molecule has 0 aliphatic carbocycles. The van der Waals surface area contributed by atoms with Crippen LogP contribution < -0.4 is 10.9 Å². The molecule has 0 amide bonds. The Labute approximate surface area is 97.9 Å². The molecule has 0 spiro atoms. The van der Waals surface area contributed by atoms with Gasteiger partial charge in [0.05, 0.1) is 4.47 Å². The van der Waals surface area contributed by atoms with Crippen molar-refractivity contribution in [3.63, 3.8) is 0 Å². The molecule has 1 rings (SSSR count). The van der Waals surface area contributed by atoms with E-state index in [9.17, 15) is 4.79 Å². The molecule has 1 N–H and O–H groups in total. The van der Waals surface area contributed by atoms with Crippen LogP contribution in [0.2, 0.25) is 0 Å². The molecule has 0 aromatic carbocycles. The summed E-state index contributed by atoms with van der Waals surface area (Å²) >= 11 is 3.21. The molecule has 3 nitrogen and oxygen atoms in total. The minimum Gasteiger partial charge on any atom is -0.313 e. The molecule has 0 saturated carbocycles. The van der Waals surface area contributed by atoms with Crippen LogP contribution in [0.3, 0.4) is 0 Å². The van der Waals surface area contributed by atoms with Gasteiger partial charge in [-0.2, -0.15) is 0 Å². The molecule has 0 saturated heterocycles. The van der Waals surface area contributed by atoms with Crippen LogP contribution in [0.1, 0.15) is 6.92 Å². The Hall–Kier alpha value is -0.870. The second-order valence-electron chi connectivity index (χ2n) is 3.32. The lowest BCUT2D eigenvalue weighted by Crippen LogP contribution is -2.24. The van der Waals surface area contributed by atoms with E-state index in [1.165, 1.54) is 0 Å². The third-order valence-corrected chi connectivity index (χ3v) is 2.60. The van der Waals surface area contributed by atoms with E-state index in [4.69, 9.17) is 0 Å². The lowest BCUT2D eigenvalue weighted by atomic mass is 10.3. The van der Waals surface area contributed by atoms with E-state index < -0.39 is 0 Å². The zero-order valence-corrected chi connectivity index (χ0v) is 10.4. The van der Waals surface area contributed by atoms with E-state index in [1.807, 2.05) is 13.0 Å². The molecule has 1 aromatic heterocycles. The topological polar surface area (TPSA) is 34.0 Å². The first-order valence-electron chi connectivity index (χ1n) is 4.87. The van der Waals surface area contributed by atoms with Gasteiger partial charge in [0.1, 0.15) is 0 Å². The highest BCUT2D eigenvalue weighted by molar-refractivity contribution is 9.10. The van der Waals surface area contributed by atoms with Crippen LogP contribution in [-0.4, -0.2) is 17.7 Å². The molecule has 1 heterocycles. The van der Waals surface area contributed by atoms with Gasteiger partial charge in [-0.3, -0.25) is 4.79 Å². The van der Waals surface area contributed by atoms with Gasteiger partial charge in [-0.05, 0) is 40.2 Å². The van der Waals surface area contributed by atoms with Gasteiger partial charge in [0.25, 0.3) is 5.56 Å². The lowest BCUT2D eigenvalue weighted by molar-refractivity contribution is 0.686. The molecule has 82 valence electrons. The van der Waals surface area contributed by atoms with Gasteiger partial charge in [-0.1, -0.05) is 13.5 Å². The second kappa shape index (κ2) is 5.88. The van der Waals surface area contributed by atoms with E-state index in [-0.39, 0.29) is 5.56 Å². The summed E-state index contributed by atoms with van der Waals surface area (Å²) in [5.41, 5.74) is 0.979. The number of nitrogens with one attached hydrogen (secondary N) is 1. The fraction of sp³-hybridized carbons (Fsp3) is 0.364. The van der Waals surface area contributed by atoms with Crippen LogP contribution in [-0.2, 0) is 6.54 Å². The zero-order chi connectivity index (χ0) is 11.3. The Kier molecular flexibility index (Phi) is 4.78. The van der Waals surface area contributed by atoms with Crippen molar-refractivity contribution in [3.05, 3.63) is 45.3 Å². The summed E-state index contributed by atoms with van der Waals surface area (Å²) in [6.07, 6.45) is 1.77. The summed E-state index contributed by atoms with van der Waals surface area (Å²) in [5.74, 6) is 0. The van der Waals surface area contributed by atoms with Crippen molar-refractivity contribution >= 4 is 15.9 Å².